The van der Waals surface area contributed by atoms with Crippen LogP contribution in [0.15, 0.2) is 18.2 Å². The first-order valence-electron chi connectivity index (χ1n) is 7.16. The Morgan fingerprint density at radius 1 is 1.05 bits per heavy atom. The molecule has 0 radical (unpaired) electrons. The predicted octanol–water partition coefficient (Wildman–Crippen LogP) is 2.19. The fourth-order valence-corrected chi connectivity index (χ4v) is 3.30. The Kier molecular flexibility index (Phi) is 2.77. The van der Waals surface area contributed by atoms with Crippen molar-refractivity contribution in [2.24, 2.45) is 16.7 Å². The van der Waals surface area contributed by atoms with Crippen molar-refractivity contribution in [2.75, 3.05) is 11.5 Å². The van der Waals surface area contributed by atoms with Gasteiger partial charge in [-0.05, 0) is 45.4 Å². The Bertz CT molecular complexity index is 651. The first kappa shape index (κ1) is 13.9. The normalized spacial score (nSPS) is 19.6. The van der Waals surface area contributed by atoms with E-state index >= 15 is 0 Å². The molecule has 1 fully saturated rings. The van der Waals surface area contributed by atoms with Crippen LogP contribution in [0.25, 0.3) is 11.4 Å². The summed E-state index contributed by atoms with van der Waals surface area (Å²) in [4.78, 5) is 0. The van der Waals surface area contributed by atoms with E-state index in [-0.39, 0.29) is 0 Å². The molecule has 1 aromatic heterocycles. The second-order valence-corrected chi connectivity index (χ2v) is 7.07. The van der Waals surface area contributed by atoms with Crippen molar-refractivity contribution in [2.45, 2.75) is 34.2 Å². The van der Waals surface area contributed by atoms with E-state index in [1.807, 2.05) is 16.8 Å². The number of rotatable bonds is 3. The van der Waals surface area contributed by atoms with Gasteiger partial charge >= 0.3 is 0 Å². The second-order valence-electron chi connectivity index (χ2n) is 7.07. The molecule has 21 heavy (non-hydrogen) atoms. The van der Waals surface area contributed by atoms with Crippen molar-refractivity contribution in [1.29, 1.82) is 0 Å². The summed E-state index contributed by atoms with van der Waals surface area (Å²) in [6.07, 6.45) is 0. The third-order valence-electron chi connectivity index (χ3n) is 5.44. The van der Waals surface area contributed by atoms with Gasteiger partial charge in [-0.2, -0.15) is 0 Å². The molecule has 6 nitrogen and oxygen atoms in total. The van der Waals surface area contributed by atoms with Crippen LogP contribution in [0.5, 0.6) is 0 Å². The number of aromatic nitrogens is 4. The molecule has 0 unspecified atom stereocenters. The molecule has 3 rings (SSSR count). The molecule has 112 valence electrons. The third-order valence-corrected chi connectivity index (χ3v) is 5.44. The number of nitrogens with two attached hydrogens (primary N) is 2. The SMILES string of the molecule is CC1(C)C(Cn2nnnc2-c2cc(N)cc(N)c2)C1(C)C. The van der Waals surface area contributed by atoms with E-state index in [0.717, 1.165) is 12.1 Å². The maximum atomic E-state index is 5.86. The van der Waals surface area contributed by atoms with Crippen LogP contribution in [-0.2, 0) is 6.54 Å². The van der Waals surface area contributed by atoms with E-state index in [1.165, 1.54) is 0 Å². The molecular formula is C15H22N6. The Morgan fingerprint density at radius 2 is 1.62 bits per heavy atom. The Labute approximate surface area is 124 Å². The van der Waals surface area contributed by atoms with Crippen molar-refractivity contribution >= 4 is 11.4 Å². The van der Waals surface area contributed by atoms with Crippen LogP contribution in [0.2, 0.25) is 0 Å². The van der Waals surface area contributed by atoms with Gasteiger partial charge in [0.25, 0.3) is 0 Å². The number of hydrogen-bond donors (Lipinski definition) is 2. The van der Waals surface area contributed by atoms with Crippen LogP contribution in [-0.4, -0.2) is 20.2 Å². The second kappa shape index (κ2) is 4.19. The summed E-state index contributed by atoms with van der Waals surface area (Å²) in [6.45, 7) is 9.97. The standard InChI is InChI=1S/C15H22N6/c1-14(2)12(15(14,3)4)8-21-13(18-19-20-21)9-5-10(16)7-11(17)6-9/h5-7,12H,8,16-17H2,1-4H3. The highest BCUT2D eigenvalue weighted by Gasteiger charge is 2.64. The van der Waals surface area contributed by atoms with Gasteiger partial charge in [-0.1, -0.05) is 27.7 Å². The quantitative estimate of drug-likeness (QED) is 0.843. The number of hydrogen-bond acceptors (Lipinski definition) is 5. The molecule has 6 heteroatoms. The van der Waals surface area contributed by atoms with Crippen molar-refractivity contribution in [3.63, 3.8) is 0 Å². The molecule has 1 aromatic carbocycles. The zero-order valence-corrected chi connectivity index (χ0v) is 13.0. The number of anilines is 2. The van der Waals surface area contributed by atoms with Gasteiger partial charge in [0.15, 0.2) is 5.82 Å². The summed E-state index contributed by atoms with van der Waals surface area (Å²) < 4.78 is 1.86. The summed E-state index contributed by atoms with van der Waals surface area (Å²) in [5.41, 5.74) is 14.4. The average Bonchev–Trinajstić information content (AvgIpc) is 2.72. The van der Waals surface area contributed by atoms with E-state index in [2.05, 4.69) is 43.2 Å². The molecule has 2 aromatic rings. The van der Waals surface area contributed by atoms with Crippen molar-refractivity contribution in [3.05, 3.63) is 18.2 Å². The molecule has 0 bridgehead atoms. The fraction of sp³-hybridized carbons (Fsp3) is 0.533. The van der Waals surface area contributed by atoms with Gasteiger partial charge in [0, 0.05) is 23.5 Å². The number of benzene rings is 1. The Balaban J connectivity index is 1.92. The fourth-order valence-electron chi connectivity index (χ4n) is 3.30. The maximum absolute atomic E-state index is 5.86. The lowest BCUT2D eigenvalue weighted by Gasteiger charge is -2.07. The molecule has 1 aliphatic carbocycles. The van der Waals surface area contributed by atoms with Gasteiger partial charge in [0.1, 0.15) is 0 Å². The molecular weight excluding hydrogens is 264 g/mol. The lowest BCUT2D eigenvalue weighted by atomic mass is 10.0. The number of nitrogens with zero attached hydrogens (tertiary/aromatic N) is 4. The van der Waals surface area contributed by atoms with E-state index in [0.29, 0.717) is 33.9 Å². The van der Waals surface area contributed by atoms with E-state index < -0.39 is 0 Å². The highest BCUT2D eigenvalue weighted by atomic mass is 15.5. The molecule has 0 saturated heterocycles. The average molecular weight is 286 g/mol. The summed E-state index contributed by atoms with van der Waals surface area (Å²) in [6, 6.07) is 5.42. The number of tetrazole rings is 1. The van der Waals surface area contributed by atoms with Gasteiger partial charge in [-0.3, -0.25) is 0 Å². The molecule has 1 aliphatic rings. The van der Waals surface area contributed by atoms with Gasteiger partial charge < -0.3 is 11.5 Å². The molecule has 0 spiro atoms. The molecule has 1 heterocycles. The third kappa shape index (κ3) is 2.05. The predicted molar refractivity (Wildman–Crippen MR) is 83.1 cm³/mol. The highest BCUT2D eigenvalue weighted by molar-refractivity contribution is 5.67. The summed E-state index contributed by atoms with van der Waals surface area (Å²) in [7, 11) is 0. The van der Waals surface area contributed by atoms with Crippen LogP contribution in [0, 0.1) is 16.7 Å². The van der Waals surface area contributed by atoms with Gasteiger partial charge in [-0.15, -0.1) is 5.10 Å². The smallest absolute Gasteiger partial charge is 0.182 e. The van der Waals surface area contributed by atoms with E-state index in [9.17, 15) is 0 Å². The zero-order valence-electron chi connectivity index (χ0n) is 13.0. The van der Waals surface area contributed by atoms with Crippen LogP contribution in [0.4, 0.5) is 11.4 Å². The minimum Gasteiger partial charge on any atom is -0.399 e. The summed E-state index contributed by atoms with van der Waals surface area (Å²) in [5, 5.41) is 12.1. The zero-order chi connectivity index (χ0) is 15.4. The van der Waals surface area contributed by atoms with Crippen LogP contribution in [0.3, 0.4) is 0 Å². The van der Waals surface area contributed by atoms with Crippen molar-refractivity contribution in [1.82, 2.24) is 20.2 Å². The lowest BCUT2D eigenvalue weighted by molar-refractivity contribution is 0.457. The molecule has 0 amide bonds. The molecule has 0 aliphatic heterocycles. The van der Waals surface area contributed by atoms with Gasteiger partial charge in [0.05, 0.1) is 0 Å². The molecule has 1 saturated carbocycles. The van der Waals surface area contributed by atoms with Gasteiger partial charge in [-0.25, -0.2) is 4.68 Å². The topological polar surface area (TPSA) is 95.6 Å². The molecule has 0 atom stereocenters. The van der Waals surface area contributed by atoms with Crippen molar-refractivity contribution in [3.8, 4) is 11.4 Å². The number of nitrogen functional groups attached to an aromatic ring is 2. The highest BCUT2D eigenvalue weighted by Crippen LogP contribution is 2.68. The first-order chi connectivity index (χ1) is 9.73. The monoisotopic (exact) mass is 286 g/mol. The van der Waals surface area contributed by atoms with Gasteiger partial charge in [0.2, 0.25) is 0 Å². The Hall–Kier alpha value is -2.11. The van der Waals surface area contributed by atoms with E-state index in [4.69, 9.17) is 11.5 Å². The largest absolute Gasteiger partial charge is 0.399 e. The van der Waals surface area contributed by atoms with Crippen molar-refractivity contribution < 1.29 is 0 Å². The minimum absolute atomic E-state index is 0.297. The van der Waals surface area contributed by atoms with Crippen LogP contribution >= 0.6 is 0 Å². The minimum atomic E-state index is 0.297. The summed E-state index contributed by atoms with van der Waals surface area (Å²) >= 11 is 0. The first-order valence-corrected chi connectivity index (χ1v) is 7.16. The Morgan fingerprint density at radius 3 is 2.14 bits per heavy atom. The van der Waals surface area contributed by atoms with Crippen LogP contribution < -0.4 is 11.5 Å². The summed E-state index contributed by atoms with van der Waals surface area (Å²) in [5.74, 6) is 1.26. The lowest BCUT2D eigenvalue weighted by Crippen LogP contribution is -2.08. The van der Waals surface area contributed by atoms with E-state index in [1.54, 1.807) is 6.07 Å². The molecule has 4 N–H and O–H groups in total. The maximum Gasteiger partial charge on any atom is 0.182 e. The van der Waals surface area contributed by atoms with Crippen LogP contribution in [0.1, 0.15) is 27.7 Å².